The number of nitrogens with zero attached hydrogens (tertiary/aromatic N) is 2. The van der Waals surface area contributed by atoms with Crippen LogP contribution in [0.25, 0.3) is 0 Å². The number of anilines is 1. The molecule has 1 atom stereocenters. The van der Waals surface area contributed by atoms with Crippen LogP contribution < -0.4 is 11.1 Å². The molecule has 1 unspecified atom stereocenters. The average Bonchev–Trinajstić information content (AvgIpc) is 3.00. The zero-order chi connectivity index (χ0) is 16.7. The van der Waals surface area contributed by atoms with Crippen molar-refractivity contribution in [3.63, 3.8) is 0 Å². The second kappa shape index (κ2) is 8.76. The van der Waals surface area contributed by atoms with E-state index in [1.54, 1.807) is 11.3 Å². The van der Waals surface area contributed by atoms with E-state index in [-0.39, 0.29) is 5.91 Å². The van der Waals surface area contributed by atoms with Crippen molar-refractivity contribution in [2.24, 2.45) is 5.73 Å². The summed E-state index contributed by atoms with van der Waals surface area (Å²) in [4.78, 5) is 18.5. The first-order chi connectivity index (χ1) is 11.1. The standard InChI is InChI=1S/C17H24N4OS/c1-3-5-16(18)17(22)20-14-7-4-6-13(8-14)9-21(2)10-15-11-23-12-19-15/h4,6-8,11-12,16H,3,5,9-10,18H2,1-2H3,(H,20,22). The molecule has 1 aromatic carbocycles. The minimum absolute atomic E-state index is 0.125. The normalized spacial score (nSPS) is 12.3. The van der Waals surface area contributed by atoms with E-state index < -0.39 is 6.04 Å². The van der Waals surface area contributed by atoms with E-state index >= 15 is 0 Å². The topological polar surface area (TPSA) is 71.2 Å². The Morgan fingerprint density at radius 2 is 2.26 bits per heavy atom. The predicted molar refractivity (Wildman–Crippen MR) is 95.2 cm³/mol. The summed E-state index contributed by atoms with van der Waals surface area (Å²) in [6.07, 6.45) is 1.60. The van der Waals surface area contributed by atoms with Crippen LogP contribution in [0.3, 0.4) is 0 Å². The summed E-state index contributed by atoms with van der Waals surface area (Å²) in [6.45, 7) is 3.62. The third-order valence-corrected chi connectivity index (χ3v) is 4.13. The molecule has 1 aromatic heterocycles. The van der Waals surface area contributed by atoms with Crippen LogP contribution >= 0.6 is 11.3 Å². The Morgan fingerprint density at radius 1 is 1.43 bits per heavy atom. The fourth-order valence-corrected chi connectivity index (χ4v) is 2.93. The lowest BCUT2D eigenvalue weighted by atomic mass is 10.1. The van der Waals surface area contributed by atoms with E-state index in [4.69, 9.17) is 5.73 Å². The van der Waals surface area contributed by atoms with Gasteiger partial charge in [-0.1, -0.05) is 25.5 Å². The molecule has 0 aliphatic heterocycles. The van der Waals surface area contributed by atoms with Gasteiger partial charge in [-0.2, -0.15) is 0 Å². The third-order valence-electron chi connectivity index (χ3n) is 3.50. The molecule has 3 N–H and O–H groups in total. The smallest absolute Gasteiger partial charge is 0.241 e. The van der Waals surface area contributed by atoms with Gasteiger partial charge < -0.3 is 11.1 Å². The SMILES string of the molecule is CCCC(N)C(=O)Nc1cccc(CN(C)Cc2cscn2)c1. The molecule has 1 heterocycles. The Hall–Kier alpha value is -1.76. The number of rotatable bonds is 8. The van der Waals surface area contributed by atoms with Gasteiger partial charge in [0.05, 0.1) is 17.2 Å². The monoisotopic (exact) mass is 332 g/mol. The summed E-state index contributed by atoms with van der Waals surface area (Å²) >= 11 is 1.61. The van der Waals surface area contributed by atoms with E-state index in [2.05, 4.69) is 33.7 Å². The molecular formula is C17H24N4OS. The van der Waals surface area contributed by atoms with Crippen LogP contribution in [-0.2, 0) is 17.9 Å². The minimum atomic E-state index is -0.448. The highest BCUT2D eigenvalue weighted by Crippen LogP contribution is 2.14. The zero-order valence-corrected chi connectivity index (χ0v) is 14.5. The number of thiazole rings is 1. The van der Waals surface area contributed by atoms with Crippen LogP contribution in [0.5, 0.6) is 0 Å². The number of amides is 1. The van der Waals surface area contributed by atoms with Crippen molar-refractivity contribution < 1.29 is 4.79 Å². The van der Waals surface area contributed by atoms with E-state index in [1.165, 1.54) is 0 Å². The molecule has 2 rings (SSSR count). The molecular weight excluding hydrogens is 308 g/mol. The molecule has 1 amide bonds. The third kappa shape index (κ3) is 5.74. The van der Waals surface area contributed by atoms with Crippen LogP contribution in [0.15, 0.2) is 35.2 Å². The lowest BCUT2D eigenvalue weighted by Crippen LogP contribution is -2.35. The van der Waals surface area contributed by atoms with E-state index in [0.29, 0.717) is 6.42 Å². The molecule has 0 radical (unpaired) electrons. The first-order valence-electron chi connectivity index (χ1n) is 7.79. The largest absolute Gasteiger partial charge is 0.325 e. The maximum Gasteiger partial charge on any atom is 0.241 e. The van der Waals surface area contributed by atoms with Gasteiger partial charge in [-0.15, -0.1) is 11.3 Å². The Labute approximate surface area is 141 Å². The molecule has 6 heteroatoms. The summed E-state index contributed by atoms with van der Waals surface area (Å²) in [5.41, 5.74) is 10.7. The van der Waals surface area contributed by atoms with Crippen LogP contribution in [0.1, 0.15) is 31.0 Å². The molecule has 0 saturated carbocycles. The summed E-state index contributed by atoms with van der Waals surface area (Å²) in [6, 6.07) is 7.44. The molecule has 5 nitrogen and oxygen atoms in total. The minimum Gasteiger partial charge on any atom is -0.325 e. The highest BCUT2D eigenvalue weighted by molar-refractivity contribution is 7.07. The lowest BCUT2D eigenvalue weighted by molar-refractivity contribution is -0.117. The molecule has 0 aliphatic carbocycles. The number of aromatic nitrogens is 1. The first-order valence-corrected chi connectivity index (χ1v) is 8.73. The Kier molecular flexibility index (Phi) is 6.70. The van der Waals surface area contributed by atoms with Crippen molar-refractivity contribution in [1.29, 1.82) is 0 Å². The second-order valence-electron chi connectivity index (χ2n) is 5.74. The number of benzene rings is 1. The van der Waals surface area contributed by atoms with Gasteiger partial charge in [0.2, 0.25) is 5.91 Å². The number of hydrogen-bond acceptors (Lipinski definition) is 5. The van der Waals surface area contributed by atoms with Crippen LogP contribution in [-0.4, -0.2) is 28.9 Å². The number of nitrogens with two attached hydrogens (primary N) is 1. The maximum absolute atomic E-state index is 12.0. The van der Waals surface area contributed by atoms with Crippen molar-refractivity contribution >= 4 is 22.9 Å². The lowest BCUT2D eigenvalue weighted by Gasteiger charge is -2.16. The van der Waals surface area contributed by atoms with Crippen molar-refractivity contribution in [3.8, 4) is 0 Å². The van der Waals surface area contributed by atoms with Gasteiger partial charge in [-0.3, -0.25) is 9.69 Å². The summed E-state index contributed by atoms with van der Waals surface area (Å²) in [7, 11) is 2.06. The molecule has 0 bridgehead atoms. The van der Waals surface area contributed by atoms with Gasteiger partial charge in [0, 0.05) is 24.2 Å². The summed E-state index contributed by atoms with van der Waals surface area (Å²) < 4.78 is 0. The van der Waals surface area contributed by atoms with Crippen molar-refractivity contribution in [2.45, 2.75) is 38.9 Å². The van der Waals surface area contributed by atoms with Crippen LogP contribution in [0.4, 0.5) is 5.69 Å². The first kappa shape index (κ1) is 17.6. The van der Waals surface area contributed by atoms with Gasteiger partial charge in [-0.05, 0) is 31.2 Å². The molecule has 0 saturated heterocycles. The molecule has 124 valence electrons. The predicted octanol–water partition coefficient (Wildman–Crippen LogP) is 2.84. The second-order valence-corrected chi connectivity index (χ2v) is 6.46. The van der Waals surface area contributed by atoms with Gasteiger partial charge in [0.25, 0.3) is 0 Å². The fourth-order valence-electron chi connectivity index (χ4n) is 2.38. The van der Waals surface area contributed by atoms with E-state index in [9.17, 15) is 4.79 Å². The molecule has 23 heavy (non-hydrogen) atoms. The van der Waals surface area contributed by atoms with Gasteiger partial charge in [0.1, 0.15) is 0 Å². The molecule has 0 spiro atoms. The fraction of sp³-hybridized carbons (Fsp3) is 0.412. The van der Waals surface area contributed by atoms with E-state index in [1.807, 2.05) is 30.6 Å². The zero-order valence-electron chi connectivity index (χ0n) is 13.7. The summed E-state index contributed by atoms with van der Waals surface area (Å²) in [5.74, 6) is -0.125. The van der Waals surface area contributed by atoms with Gasteiger partial charge >= 0.3 is 0 Å². The number of hydrogen-bond donors (Lipinski definition) is 2. The number of nitrogens with one attached hydrogen (secondary N) is 1. The number of carbonyl (C=O) groups excluding carboxylic acids is 1. The van der Waals surface area contributed by atoms with E-state index in [0.717, 1.165) is 36.5 Å². The van der Waals surface area contributed by atoms with Crippen LogP contribution in [0.2, 0.25) is 0 Å². The molecule has 2 aromatic rings. The quantitative estimate of drug-likeness (QED) is 0.780. The highest BCUT2D eigenvalue weighted by atomic mass is 32.1. The van der Waals surface area contributed by atoms with Gasteiger partial charge in [-0.25, -0.2) is 4.98 Å². The van der Waals surface area contributed by atoms with Crippen molar-refractivity contribution in [3.05, 3.63) is 46.4 Å². The van der Waals surface area contributed by atoms with Crippen molar-refractivity contribution in [1.82, 2.24) is 9.88 Å². The number of carbonyl (C=O) groups is 1. The summed E-state index contributed by atoms with van der Waals surface area (Å²) in [5, 5.41) is 4.95. The Bertz CT molecular complexity index is 615. The highest BCUT2D eigenvalue weighted by Gasteiger charge is 2.12. The Morgan fingerprint density at radius 3 is 2.96 bits per heavy atom. The molecule has 0 fully saturated rings. The average molecular weight is 332 g/mol. The van der Waals surface area contributed by atoms with Crippen LogP contribution in [0, 0.1) is 0 Å². The maximum atomic E-state index is 12.0. The molecule has 0 aliphatic rings. The Balaban J connectivity index is 1.92. The van der Waals surface area contributed by atoms with Gasteiger partial charge in [0.15, 0.2) is 0 Å². The van der Waals surface area contributed by atoms with Crippen molar-refractivity contribution in [2.75, 3.05) is 12.4 Å².